The molecule has 182 valence electrons. The summed E-state index contributed by atoms with van der Waals surface area (Å²) in [5, 5.41) is 10.3. The van der Waals surface area contributed by atoms with Gasteiger partial charge in [-0.15, -0.1) is 0 Å². The number of benzene rings is 3. The number of nitrogens with two attached hydrogens (primary N) is 1. The van der Waals surface area contributed by atoms with Crippen molar-refractivity contribution in [2.24, 2.45) is 0 Å². The Kier molecular flexibility index (Phi) is 7.05. The van der Waals surface area contributed by atoms with Crippen molar-refractivity contribution >= 4 is 16.8 Å². The Morgan fingerprint density at radius 3 is 2.51 bits per heavy atom. The first-order valence-corrected chi connectivity index (χ1v) is 12.6. The van der Waals surface area contributed by atoms with E-state index in [-0.39, 0.29) is 18.5 Å². The van der Waals surface area contributed by atoms with Gasteiger partial charge in [-0.2, -0.15) is 0 Å². The maximum Gasteiger partial charge on any atom is 0.119 e. The zero-order valence-corrected chi connectivity index (χ0v) is 20.1. The van der Waals surface area contributed by atoms with Gasteiger partial charge in [0.2, 0.25) is 0 Å². The summed E-state index contributed by atoms with van der Waals surface area (Å²) >= 11 is 0. The Bertz CT molecular complexity index is 1190. The minimum Gasteiger partial charge on any atom is -0.508 e. The molecule has 0 amide bonds. The molecule has 1 aliphatic carbocycles. The van der Waals surface area contributed by atoms with Crippen LogP contribution in [0.25, 0.3) is 11.1 Å². The second-order valence-electron chi connectivity index (χ2n) is 9.57. The quantitative estimate of drug-likeness (QED) is 0.409. The normalized spacial score (nSPS) is 18.4. The highest BCUT2D eigenvalue weighted by molar-refractivity contribution is 6.00. The molecule has 5 rings (SSSR count). The molecule has 1 atom stereocenters. The van der Waals surface area contributed by atoms with E-state index in [4.69, 9.17) is 10.5 Å². The van der Waals surface area contributed by atoms with Crippen LogP contribution in [0.4, 0.5) is 10.1 Å². The van der Waals surface area contributed by atoms with Crippen LogP contribution in [0, 0.1) is 0 Å². The Morgan fingerprint density at radius 2 is 1.74 bits per heavy atom. The third kappa shape index (κ3) is 5.35. The fraction of sp³-hybridized carbons (Fsp3) is 0.333. The number of phenolic OH excluding ortho intramolecular Hbond substituents is 1. The lowest BCUT2D eigenvalue weighted by Gasteiger charge is -2.19. The van der Waals surface area contributed by atoms with Crippen molar-refractivity contribution < 1.29 is 14.2 Å². The Morgan fingerprint density at radius 1 is 0.971 bits per heavy atom. The number of fused-ring (bicyclic) bond motifs is 1. The summed E-state index contributed by atoms with van der Waals surface area (Å²) in [6.45, 7) is 2.34. The number of aromatic hydroxyl groups is 1. The Balaban J connectivity index is 1.47. The molecule has 3 N–H and O–H groups in total. The van der Waals surface area contributed by atoms with Gasteiger partial charge in [-0.25, -0.2) is 0 Å². The van der Waals surface area contributed by atoms with E-state index in [1.807, 2.05) is 36.4 Å². The second-order valence-corrected chi connectivity index (χ2v) is 9.57. The lowest BCUT2D eigenvalue weighted by atomic mass is 9.87. The van der Waals surface area contributed by atoms with Gasteiger partial charge in [0.25, 0.3) is 0 Å². The number of rotatable bonds is 7. The zero-order valence-electron chi connectivity index (χ0n) is 20.1. The lowest BCUT2D eigenvalue weighted by molar-refractivity contribution is 0.198. The van der Waals surface area contributed by atoms with E-state index in [2.05, 4.69) is 29.2 Å². The molecule has 1 fully saturated rings. The molecule has 4 nitrogen and oxygen atoms in total. The van der Waals surface area contributed by atoms with Crippen LogP contribution in [0.3, 0.4) is 0 Å². The van der Waals surface area contributed by atoms with Gasteiger partial charge in [0, 0.05) is 25.3 Å². The SMILES string of the molecule is Nc1ccc(C2=C(c3ccc(O[C@H]4CCN(CCCF)C4)cc3)c3cc(O)ccc3CCC2)cc1. The van der Waals surface area contributed by atoms with Gasteiger partial charge in [-0.1, -0.05) is 30.3 Å². The van der Waals surface area contributed by atoms with E-state index in [9.17, 15) is 9.50 Å². The van der Waals surface area contributed by atoms with Crippen LogP contribution < -0.4 is 10.5 Å². The second kappa shape index (κ2) is 10.5. The first-order chi connectivity index (χ1) is 17.1. The summed E-state index contributed by atoms with van der Waals surface area (Å²) in [5.41, 5.74) is 13.7. The third-order valence-electron chi connectivity index (χ3n) is 7.08. The van der Waals surface area contributed by atoms with Crippen LogP contribution in [0.2, 0.25) is 0 Å². The number of aryl methyl sites for hydroxylation is 1. The number of phenols is 1. The summed E-state index contributed by atoms with van der Waals surface area (Å²) in [5.74, 6) is 1.13. The molecular formula is C30H33FN2O2. The van der Waals surface area contributed by atoms with Gasteiger partial charge < -0.3 is 15.6 Å². The molecule has 3 aromatic rings. The van der Waals surface area contributed by atoms with Gasteiger partial charge in [-0.05, 0) is 102 Å². The van der Waals surface area contributed by atoms with Crippen molar-refractivity contribution in [3.63, 3.8) is 0 Å². The number of nitrogen functional groups attached to an aromatic ring is 1. The number of hydrogen-bond donors (Lipinski definition) is 2. The van der Waals surface area contributed by atoms with Crippen molar-refractivity contribution in [2.75, 3.05) is 32.0 Å². The number of nitrogens with zero attached hydrogens (tertiary/aromatic N) is 1. The number of alkyl halides is 1. The minimum absolute atomic E-state index is 0.139. The summed E-state index contributed by atoms with van der Waals surface area (Å²) in [6, 6.07) is 22.1. The van der Waals surface area contributed by atoms with E-state index >= 15 is 0 Å². The predicted molar refractivity (Wildman–Crippen MR) is 140 cm³/mol. The first-order valence-electron chi connectivity index (χ1n) is 12.6. The average molecular weight is 473 g/mol. The van der Waals surface area contributed by atoms with Crippen LogP contribution in [-0.2, 0) is 6.42 Å². The van der Waals surface area contributed by atoms with Crippen molar-refractivity contribution in [1.29, 1.82) is 0 Å². The highest BCUT2D eigenvalue weighted by Gasteiger charge is 2.24. The number of ether oxygens (including phenoxy) is 1. The van der Waals surface area contributed by atoms with Crippen LogP contribution in [0.15, 0.2) is 66.7 Å². The van der Waals surface area contributed by atoms with Crippen LogP contribution in [0.5, 0.6) is 11.5 Å². The molecular weight excluding hydrogens is 439 g/mol. The number of hydrogen-bond acceptors (Lipinski definition) is 4. The van der Waals surface area contributed by atoms with E-state index in [0.717, 1.165) is 79.0 Å². The van der Waals surface area contributed by atoms with Crippen LogP contribution >= 0.6 is 0 Å². The van der Waals surface area contributed by atoms with Crippen LogP contribution in [0.1, 0.15) is 47.9 Å². The molecule has 0 radical (unpaired) electrons. The molecule has 1 heterocycles. The van der Waals surface area contributed by atoms with Crippen LogP contribution in [-0.4, -0.2) is 42.4 Å². The van der Waals surface area contributed by atoms with E-state index in [1.165, 1.54) is 11.1 Å². The smallest absolute Gasteiger partial charge is 0.119 e. The topological polar surface area (TPSA) is 58.7 Å². The molecule has 1 saturated heterocycles. The fourth-order valence-electron chi connectivity index (χ4n) is 5.33. The summed E-state index contributed by atoms with van der Waals surface area (Å²) < 4.78 is 18.8. The molecule has 0 spiro atoms. The lowest BCUT2D eigenvalue weighted by Crippen LogP contribution is -2.26. The van der Waals surface area contributed by atoms with Gasteiger partial charge in [-0.3, -0.25) is 9.29 Å². The maximum atomic E-state index is 12.5. The van der Waals surface area contributed by atoms with Crippen molar-refractivity contribution in [3.8, 4) is 11.5 Å². The first kappa shape index (κ1) is 23.4. The van der Waals surface area contributed by atoms with E-state index in [1.54, 1.807) is 6.07 Å². The predicted octanol–water partition coefficient (Wildman–Crippen LogP) is 6.08. The molecule has 0 unspecified atom stereocenters. The average Bonchev–Trinajstić information content (AvgIpc) is 3.23. The van der Waals surface area contributed by atoms with E-state index in [0.29, 0.717) is 6.42 Å². The molecule has 0 aromatic heterocycles. The molecule has 0 bridgehead atoms. The number of anilines is 1. The maximum absolute atomic E-state index is 12.5. The summed E-state index contributed by atoms with van der Waals surface area (Å²) in [4.78, 5) is 2.28. The molecule has 0 saturated carbocycles. The third-order valence-corrected chi connectivity index (χ3v) is 7.08. The summed E-state index contributed by atoms with van der Waals surface area (Å²) in [6.07, 6.45) is 4.66. The minimum atomic E-state index is -0.265. The standard InChI is InChI=1S/C30H33FN2O2/c31-16-2-17-33-18-15-27(20-33)35-26-13-8-23(9-14-26)30-28(22-5-10-24(32)11-6-22)4-1-3-21-7-12-25(34)19-29(21)30/h5-14,19,27,34H,1-4,15-18,20,32H2/t27-/m0/s1. The van der Waals surface area contributed by atoms with Crippen molar-refractivity contribution in [3.05, 3.63) is 89.0 Å². The van der Waals surface area contributed by atoms with Crippen molar-refractivity contribution in [1.82, 2.24) is 4.90 Å². The fourth-order valence-corrected chi connectivity index (χ4v) is 5.33. The number of halogens is 1. The molecule has 5 heteroatoms. The van der Waals surface area contributed by atoms with Crippen molar-refractivity contribution in [2.45, 2.75) is 38.2 Å². The Hall–Kier alpha value is -3.31. The molecule has 1 aliphatic heterocycles. The van der Waals surface area contributed by atoms with Gasteiger partial charge in [0.05, 0.1) is 6.67 Å². The molecule has 2 aliphatic rings. The van der Waals surface area contributed by atoms with Gasteiger partial charge in [0.15, 0.2) is 0 Å². The summed E-state index contributed by atoms with van der Waals surface area (Å²) in [7, 11) is 0. The zero-order chi connectivity index (χ0) is 24.2. The van der Waals surface area contributed by atoms with Gasteiger partial charge >= 0.3 is 0 Å². The molecule has 3 aromatic carbocycles. The largest absolute Gasteiger partial charge is 0.508 e. The van der Waals surface area contributed by atoms with E-state index < -0.39 is 0 Å². The Labute approximate surface area is 206 Å². The van der Waals surface area contributed by atoms with Gasteiger partial charge in [0.1, 0.15) is 17.6 Å². The highest BCUT2D eigenvalue weighted by Crippen LogP contribution is 2.41. The number of allylic oxidation sites excluding steroid dienone is 1. The monoisotopic (exact) mass is 472 g/mol. The number of likely N-dealkylation sites (tertiary alicyclic amines) is 1. The molecule has 35 heavy (non-hydrogen) atoms. The highest BCUT2D eigenvalue weighted by atomic mass is 19.1.